The van der Waals surface area contributed by atoms with Crippen LogP contribution in [0, 0.1) is 0 Å². The van der Waals surface area contributed by atoms with Crippen LogP contribution in [0.2, 0.25) is 0 Å². The molecule has 0 aliphatic carbocycles. The van der Waals surface area contributed by atoms with Crippen molar-refractivity contribution in [1.82, 2.24) is 14.8 Å². The first kappa shape index (κ1) is 18.3. The van der Waals surface area contributed by atoms with Gasteiger partial charge in [-0.15, -0.1) is 0 Å². The highest BCUT2D eigenvalue weighted by Gasteiger charge is 2.31. The Bertz CT molecular complexity index is 729. The fourth-order valence-electron chi connectivity index (χ4n) is 3.76. The first-order valence-electron chi connectivity index (χ1n) is 9.76. The van der Waals surface area contributed by atoms with Crippen molar-refractivity contribution in [3.05, 3.63) is 54.7 Å². The molecule has 4 rings (SSSR count). The Balaban J connectivity index is 1.28. The van der Waals surface area contributed by atoms with Crippen molar-refractivity contribution in [3.63, 3.8) is 0 Å². The average molecular weight is 379 g/mol. The number of hydrogen-bond acceptors (Lipinski definition) is 5. The molecular weight excluding hydrogens is 354 g/mol. The number of benzene rings is 1. The second-order valence-electron chi connectivity index (χ2n) is 7.08. The maximum Gasteiger partial charge on any atom is 0.312 e. The summed E-state index contributed by atoms with van der Waals surface area (Å²) in [6, 6.07) is 16.0. The van der Waals surface area contributed by atoms with E-state index in [1.54, 1.807) is 16.0 Å². The van der Waals surface area contributed by atoms with Crippen molar-refractivity contribution in [2.24, 2.45) is 0 Å². The summed E-state index contributed by atoms with van der Waals surface area (Å²) < 4.78 is 0. The van der Waals surface area contributed by atoms with Gasteiger partial charge in [0.25, 0.3) is 0 Å². The number of carbonyl (C=O) groups excluding carboxylic acids is 2. The van der Waals surface area contributed by atoms with Crippen LogP contribution in [-0.4, -0.2) is 79.0 Å². The predicted octanol–water partition coefficient (Wildman–Crippen LogP) is 1.08. The molecule has 2 saturated heterocycles. The molecule has 2 aliphatic heterocycles. The third-order valence-electron chi connectivity index (χ3n) is 5.41. The van der Waals surface area contributed by atoms with Crippen molar-refractivity contribution >= 4 is 23.3 Å². The number of rotatable bonds is 2. The first-order chi connectivity index (χ1) is 13.7. The Morgan fingerprint density at radius 1 is 0.643 bits per heavy atom. The van der Waals surface area contributed by atoms with E-state index < -0.39 is 0 Å². The van der Waals surface area contributed by atoms with Crippen LogP contribution in [0.25, 0.3) is 0 Å². The minimum absolute atomic E-state index is 0.376. The van der Waals surface area contributed by atoms with Crippen molar-refractivity contribution in [1.29, 1.82) is 0 Å². The Kier molecular flexibility index (Phi) is 5.41. The number of amides is 2. The van der Waals surface area contributed by atoms with Gasteiger partial charge in [0.05, 0.1) is 0 Å². The molecule has 7 heteroatoms. The van der Waals surface area contributed by atoms with E-state index in [1.807, 2.05) is 36.4 Å². The lowest BCUT2D eigenvalue weighted by molar-refractivity contribution is -0.152. The molecule has 3 heterocycles. The standard InChI is InChI=1S/C21H25N5O2/c27-20(25-14-10-23(11-15-25)18-6-2-1-3-7-18)21(28)26-16-12-24(13-17-26)19-8-4-5-9-22-19/h1-9H,10-17H2. The number of para-hydroxylation sites is 1. The fourth-order valence-corrected chi connectivity index (χ4v) is 3.76. The number of piperazine rings is 2. The van der Waals surface area contributed by atoms with Crippen LogP contribution in [0.4, 0.5) is 11.5 Å². The quantitative estimate of drug-likeness (QED) is 0.731. The molecule has 2 amide bonds. The van der Waals surface area contributed by atoms with E-state index in [9.17, 15) is 9.59 Å². The molecule has 28 heavy (non-hydrogen) atoms. The molecule has 0 bridgehead atoms. The SMILES string of the molecule is O=C(C(=O)N1CCN(c2ccccn2)CC1)N1CCN(c2ccccc2)CC1. The van der Waals surface area contributed by atoms with Crippen LogP contribution >= 0.6 is 0 Å². The molecule has 0 unspecified atom stereocenters. The number of nitrogens with zero attached hydrogens (tertiary/aromatic N) is 5. The lowest BCUT2D eigenvalue weighted by atomic mass is 10.2. The number of hydrogen-bond donors (Lipinski definition) is 0. The monoisotopic (exact) mass is 379 g/mol. The summed E-state index contributed by atoms with van der Waals surface area (Å²) in [5.74, 6) is 0.158. The van der Waals surface area contributed by atoms with Gasteiger partial charge in [-0.2, -0.15) is 0 Å². The topological polar surface area (TPSA) is 60.0 Å². The highest BCUT2D eigenvalue weighted by atomic mass is 16.2. The first-order valence-corrected chi connectivity index (χ1v) is 9.76. The molecule has 0 spiro atoms. The molecule has 1 aromatic heterocycles. The van der Waals surface area contributed by atoms with Gasteiger partial charge in [-0.25, -0.2) is 4.98 Å². The molecule has 0 saturated carbocycles. The number of aromatic nitrogens is 1. The van der Waals surface area contributed by atoms with Crippen LogP contribution < -0.4 is 9.80 Å². The van der Waals surface area contributed by atoms with Crippen molar-refractivity contribution in [2.75, 3.05) is 62.2 Å². The molecular formula is C21H25N5O2. The fraction of sp³-hybridized carbons (Fsp3) is 0.381. The minimum atomic E-state index is -0.381. The number of carbonyl (C=O) groups is 2. The molecule has 7 nitrogen and oxygen atoms in total. The van der Waals surface area contributed by atoms with E-state index in [4.69, 9.17) is 0 Å². The van der Waals surface area contributed by atoms with Crippen LogP contribution in [-0.2, 0) is 9.59 Å². The minimum Gasteiger partial charge on any atom is -0.368 e. The van der Waals surface area contributed by atoms with E-state index in [2.05, 4.69) is 26.9 Å². The zero-order valence-corrected chi connectivity index (χ0v) is 15.9. The second-order valence-corrected chi connectivity index (χ2v) is 7.08. The van der Waals surface area contributed by atoms with Gasteiger partial charge in [-0.3, -0.25) is 9.59 Å². The van der Waals surface area contributed by atoms with Gasteiger partial charge in [0.2, 0.25) is 0 Å². The van der Waals surface area contributed by atoms with Crippen molar-refractivity contribution in [2.45, 2.75) is 0 Å². The molecule has 0 atom stereocenters. The lowest BCUT2D eigenvalue weighted by Crippen LogP contribution is -2.56. The highest BCUT2D eigenvalue weighted by molar-refractivity contribution is 6.35. The van der Waals surface area contributed by atoms with Gasteiger partial charge in [-0.05, 0) is 24.3 Å². The molecule has 1 aromatic carbocycles. The lowest BCUT2D eigenvalue weighted by Gasteiger charge is -2.38. The van der Waals surface area contributed by atoms with Crippen molar-refractivity contribution in [3.8, 4) is 0 Å². The predicted molar refractivity (Wildman–Crippen MR) is 108 cm³/mol. The summed E-state index contributed by atoms with van der Waals surface area (Å²) in [6.45, 7) is 5.12. The molecule has 146 valence electrons. The zero-order valence-electron chi connectivity index (χ0n) is 15.9. The Labute approximate surface area is 165 Å². The normalized spacial score (nSPS) is 17.6. The van der Waals surface area contributed by atoms with E-state index in [0.29, 0.717) is 39.3 Å². The van der Waals surface area contributed by atoms with Crippen LogP contribution in [0.5, 0.6) is 0 Å². The van der Waals surface area contributed by atoms with Gasteiger partial charge < -0.3 is 19.6 Å². The average Bonchev–Trinajstić information content (AvgIpc) is 2.79. The molecule has 2 aliphatic rings. The maximum absolute atomic E-state index is 12.7. The van der Waals surface area contributed by atoms with Gasteiger partial charge in [0.15, 0.2) is 0 Å². The smallest absolute Gasteiger partial charge is 0.312 e. The molecule has 0 radical (unpaired) electrons. The van der Waals surface area contributed by atoms with Gasteiger partial charge in [-0.1, -0.05) is 24.3 Å². The maximum atomic E-state index is 12.7. The number of anilines is 2. The summed E-state index contributed by atoms with van der Waals surface area (Å²) in [5, 5.41) is 0. The third kappa shape index (κ3) is 3.93. The van der Waals surface area contributed by atoms with E-state index in [-0.39, 0.29) is 11.8 Å². The van der Waals surface area contributed by atoms with Gasteiger partial charge in [0, 0.05) is 64.2 Å². The summed E-state index contributed by atoms with van der Waals surface area (Å²) in [5.41, 5.74) is 1.16. The Hall–Kier alpha value is -3.09. The highest BCUT2D eigenvalue weighted by Crippen LogP contribution is 2.17. The summed E-state index contributed by atoms with van der Waals surface area (Å²) in [7, 11) is 0. The van der Waals surface area contributed by atoms with Crippen molar-refractivity contribution < 1.29 is 9.59 Å². The van der Waals surface area contributed by atoms with Gasteiger partial charge in [0.1, 0.15) is 5.82 Å². The van der Waals surface area contributed by atoms with Gasteiger partial charge >= 0.3 is 11.8 Å². The number of pyridine rings is 1. The Morgan fingerprint density at radius 2 is 1.18 bits per heavy atom. The Morgan fingerprint density at radius 3 is 1.71 bits per heavy atom. The second kappa shape index (κ2) is 8.29. The van der Waals surface area contributed by atoms with E-state index in [0.717, 1.165) is 24.6 Å². The van der Waals surface area contributed by atoms with Crippen LogP contribution in [0.1, 0.15) is 0 Å². The van der Waals surface area contributed by atoms with E-state index in [1.165, 1.54) is 0 Å². The zero-order chi connectivity index (χ0) is 19.3. The molecule has 2 fully saturated rings. The van der Waals surface area contributed by atoms with E-state index >= 15 is 0 Å². The largest absolute Gasteiger partial charge is 0.368 e. The summed E-state index contributed by atoms with van der Waals surface area (Å²) in [4.78, 5) is 37.5. The molecule has 0 N–H and O–H groups in total. The summed E-state index contributed by atoms with van der Waals surface area (Å²) in [6.07, 6.45) is 1.77. The van der Waals surface area contributed by atoms with Crippen LogP contribution in [0.15, 0.2) is 54.7 Å². The summed E-state index contributed by atoms with van der Waals surface area (Å²) >= 11 is 0. The third-order valence-corrected chi connectivity index (χ3v) is 5.41. The molecule has 2 aromatic rings. The van der Waals surface area contributed by atoms with Crippen LogP contribution in [0.3, 0.4) is 0 Å².